The minimum absolute atomic E-state index is 0.181. The zero-order chi connectivity index (χ0) is 15.1. The molecule has 0 aliphatic heterocycles. The van der Waals surface area contributed by atoms with Crippen LogP contribution in [-0.2, 0) is 0 Å². The van der Waals surface area contributed by atoms with Crippen molar-refractivity contribution in [1.82, 2.24) is 10.3 Å². The van der Waals surface area contributed by atoms with Crippen LogP contribution in [0, 0.1) is 13.8 Å². The Bertz CT molecular complexity index is 416. The first-order valence-electron chi connectivity index (χ1n) is 7.40. The van der Waals surface area contributed by atoms with Crippen molar-refractivity contribution in [2.24, 2.45) is 5.84 Å². The summed E-state index contributed by atoms with van der Waals surface area (Å²) >= 11 is 0. The lowest BCUT2D eigenvalue weighted by molar-refractivity contribution is 0.282. The quantitative estimate of drug-likeness (QED) is 0.567. The summed E-state index contributed by atoms with van der Waals surface area (Å²) in [5.74, 6) is 6.70. The van der Waals surface area contributed by atoms with Gasteiger partial charge in [-0.1, -0.05) is 19.9 Å². The van der Waals surface area contributed by atoms with Crippen LogP contribution in [0.4, 0.5) is 0 Å². The predicted molar refractivity (Wildman–Crippen MR) is 84.9 cm³/mol. The van der Waals surface area contributed by atoms with Gasteiger partial charge in [0.05, 0.1) is 7.11 Å². The first kappa shape index (κ1) is 17.0. The predicted octanol–water partition coefficient (Wildman–Crippen LogP) is 2.55. The minimum atomic E-state index is 0.181. The number of methoxy groups -OCH3 is 1. The molecular formula is C16H29N3O. The van der Waals surface area contributed by atoms with Gasteiger partial charge in [-0.25, -0.2) is 0 Å². The SMILES string of the molecule is CCN(CC)CCC(NN)c1cc(C)c(OC)cc1C. The van der Waals surface area contributed by atoms with E-state index >= 15 is 0 Å². The summed E-state index contributed by atoms with van der Waals surface area (Å²) in [5, 5.41) is 0. The van der Waals surface area contributed by atoms with Gasteiger partial charge in [-0.05, 0) is 62.7 Å². The molecule has 0 saturated heterocycles. The van der Waals surface area contributed by atoms with E-state index in [0.29, 0.717) is 0 Å². The van der Waals surface area contributed by atoms with Gasteiger partial charge in [-0.15, -0.1) is 0 Å². The molecule has 1 aromatic carbocycles. The maximum Gasteiger partial charge on any atom is 0.122 e. The van der Waals surface area contributed by atoms with Crippen molar-refractivity contribution in [3.8, 4) is 5.75 Å². The Labute approximate surface area is 123 Å². The first-order valence-corrected chi connectivity index (χ1v) is 7.40. The highest BCUT2D eigenvalue weighted by Crippen LogP contribution is 2.27. The highest BCUT2D eigenvalue weighted by molar-refractivity contribution is 5.42. The van der Waals surface area contributed by atoms with Gasteiger partial charge >= 0.3 is 0 Å². The molecular weight excluding hydrogens is 250 g/mol. The van der Waals surface area contributed by atoms with E-state index in [9.17, 15) is 0 Å². The van der Waals surface area contributed by atoms with Gasteiger partial charge in [0, 0.05) is 6.04 Å². The normalized spacial score (nSPS) is 12.8. The van der Waals surface area contributed by atoms with Crippen LogP contribution in [0.25, 0.3) is 0 Å². The van der Waals surface area contributed by atoms with Crippen LogP contribution in [0.1, 0.15) is 43.0 Å². The number of nitrogens with one attached hydrogen (secondary N) is 1. The van der Waals surface area contributed by atoms with E-state index < -0.39 is 0 Å². The molecule has 0 amide bonds. The number of hydrogen-bond donors (Lipinski definition) is 2. The summed E-state index contributed by atoms with van der Waals surface area (Å²) < 4.78 is 5.37. The molecule has 3 N–H and O–H groups in total. The molecule has 1 atom stereocenters. The van der Waals surface area contributed by atoms with E-state index in [-0.39, 0.29) is 6.04 Å². The van der Waals surface area contributed by atoms with Gasteiger partial charge < -0.3 is 9.64 Å². The summed E-state index contributed by atoms with van der Waals surface area (Å²) in [6.45, 7) is 11.8. The number of aryl methyl sites for hydroxylation is 2. The average Bonchev–Trinajstić information content (AvgIpc) is 2.46. The Morgan fingerprint density at radius 2 is 1.85 bits per heavy atom. The first-order chi connectivity index (χ1) is 9.57. The Hall–Kier alpha value is -1.10. The van der Waals surface area contributed by atoms with Crippen molar-refractivity contribution < 1.29 is 4.74 Å². The Balaban J connectivity index is 2.87. The standard InChI is InChI=1S/C16H29N3O/c1-6-19(7-2)9-8-15(18-17)14-10-13(4)16(20-5)11-12(14)3/h10-11,15,18H,6-9,17H2,1-5H3. The van der Waals surface area contributed by atoms with Crippen LogP contribution >= 0.6 is 0 Å². The van der Waals surface area contributed by atoms with E-state index in [1.807, 2.05) is 0 Å². The number of benzene rings is 1. The lowest BCUT2D eigenvalue weighted by Gasteiger charge is -2.24. The van der Waals surface area contributed by atoms with E-state index in [0.717, 1.165) is 37.4 Å². The number of nitrogens with zero attached hydrogens (tertiary/aromatic N) is 1. The largest absolute Gasteiger partial charge is 0.496 e. The summed E-state index contributed by atoms with van der Waals surface area (Å²) in [6, 6.07) is 4.45. The average molecular weight is 279 g/mol. The molecule has 0 aromatic heterocycles. The molecule has 0 saturated carbocycles. The molecule has 0 spiro atoms. The zero-order valence-electron chi connectivity index (χ0n) is 13.5. The molecule has 20 heavy (non-hydrogen) atoms. The molecule has 0 bridgehead atoms. The van der Waals surface area contributed by atoms with Crippen molar-refractivity contribution in [2.75, 3.05) is 26.7 Å². The maximum absolute atomic E-state index is 5.76. The second kappa shape index (κ2) is 8.25. The van der Waals surface area contributed by atoms with E-state index in [2.05, 4.69) is 50.2 Å². The molecule has 1 aromatic rings. The van der Waals surface area contributed by atoms with E-state index in [1.54, 1.807) is 7.11 Å². The zero-order valence-corrected chi connectivity index (χ0v) is 13.5. The molecule has 1 unspecified atom stereocenters. The Morgan fingerprint density at radius 3 is 2.35 bits per heavy atom. The summed E-state index contributed by atoms with van der Waals surface area (Å²) in [5.41, 5.74) is 6.59. The second-order valence-electron chi connectivity index (χ2n) is 5.21. The van der Waals surface area contributed by atoms with E-state index in [1.165, 1.54) is 11.1 Å². The van der Waals surface area contributed by atoms with Gasteiger partial charge in [-0.3, -0.25) is 11.3 Å². The minimum Gasteiger partial charge on any atom is -0.496 e. The highest BCUT2D eigenvalue weighted by Gasteiger charge is 2.15. The van der Waals surface area contributed by atoms with Crippen LogP contribution < -0.4 is 16.0 Å². The Morgan fingerprint density at radius 1 is 1.20 bits per heavy atom. The second-order valence-corrected chi connectivity index (χ2v) is 5.21. The molecule has 0 heterocycles. The van der Waals surface area contributed by atoms with Gasteiger partial charge in [0.15, 0.2) is 0 Å². The summed E-state index contributed by atoms with van der Waals surface area (Å²) in [7, 11) is 1.71. The fourth-order valence-electron chi connectivity index (χ4n) is 2.59. The van der Waals surface area contributed by atoms with Crippen molar-refractivity contribution in [1.29, 1.82) is 0 Å². The van der Waals surface area contributed by atoms with Gasteiger partial charge in [-0.2, -0.15) is 0 Å². The van der Waals surface area contributed by atoms with Crippen LogP contribution in [0.2, 0.25) is 0 Å². The molecule has 0 radical (unpaired) electrons. The topological polar surface area (TPSA) is 50.5 Å². The van der Waals surface area contributed by atoms with Gasteiger partial charge in [0.2, 0.25) is 0 Å². The van der Waals surface area contributed by atoms with Gasteiger partial charge in [0.25, 0.3) is 0 Å². The van der Waals surface area contributed by atoms with Crippen LogP contribution in [-0.4, -0.2) is 31.6 Å². The molecule has 0 aliphatic rings. The number of nitrogens with two attached hydrogens (primary N) is 1. The third-order valence-electron chi connectivity index (χ3n) is 3.99. The number of rotatable bonds is 8. The van der Waals surface area contributed by atoms with Crippen molar-refractivity contribution >= 4 is 0 Å². The van der Waals surface area contributed by atoms with Gasteiger partial charge in [0.1, 0.15) is 5.75 Å². The summed E-state index contributed by atoms with van der Waals surface area (Å²) in [6.07, 6.45) is 1.00. The smallest absolute Gasteiger partial charge is 0.122 e. The van der Waals surface area contributed by atoms with Crippen molar-refractivity contribution in [3.63, 3.8) is 0 Å². The summed E-state index contributed by atoms with van der Waals surface area (Å²) in [4.78, 5) is 2.41. The fraction of sp³-hybridized carbons (Fsp3) is 0.625. The lowest BCUT2D eigenvalue weighted by atomic mass is 9.96. The lowest BCUT2D eigenvalue weighted by Crippen LogP contribution is -2.33. The third kappa shape index (κ3) is 4.20. The number of ether oxygens (including phenoxy) is 1. The molecule has 0 fully saturated rings. The van der Waals surface area contributed by atoms with E-state index in [4.69, 9.17) is 10.6 Å². The van der Waals surface area contributed by atoms with Crippen LogP contribution in [0.5, 0.6) is 5.75 Å². The van der Waals surface area contributed by atoms with Crippen molar-refractivity contribution in [2.45, 2.75) is 40.2 Å². The molecule has 4 nitrogen and oxygen atoms in total. The molecule has 114 valence electrons. The molecule has 0 aliphatic carbocycles. The molecule has 4 heteroatoms. The third-order valence-corrected chi connectivity index (χ3v) is 3.99. The molecule has 1 rings (SSSR count). The van der Waals surface area contributed by atoms with Crippen LogP contribution in [0.15, 0.2) is 12.1 Å². The number of hydrogen-bond acceptors (Lipinski definition) is 4. The highest BCUT2D eigenvalue weighted by atomic mass is 16.5. The van der Waals surface area contributed by atoms with Crippen LogP contribution in [0.3, 0.4) is 0 Å². The monoisotopic (exact) mass is 279 g/mol. The number of hydrazine groups is 1. The fourth-order valence-corrected chi connectivity index (χ4v) is 2.59. The maximum atomic E-state index is 5.76. The Kier molecular flexibility index (Phi) is 6.99. The van der Waals surface area contributed by atoms with Crippen molar-refractivity contribution in [3.05, 3.63) is 28.8 Å².